The second-order valence-electron chi connectivity index (χ2n) is 3.45. The number of hydrogen-bond donors (Lipinski definition) is 0. The molecule has 0 fully saturated rings. The maximum Gasteiger partial charge on any atom is 0.0351 e. The van der Waals surface area contributed by atoms with Gasteiger partial charge in [0.15, 0.2) is 0 Å². The predicted octanol–water partition coefficient (Wildman–Crippen LogP) is 4.14. The molecule has 0 saturated heterocycles. The fraction of sp³-hybridized carbons (Fsp3) is 0.429. The van der Waals surface area contributed by atoms with Gasteiger partial charge in [-0.05, 0) is 24.3 Å². The lowest BCUT2D eigenvalue weighted by atomic mass is 10.1. The van der Waals surface area contributed by atoms with Crippen LogP contribution in [0, 0.1) is 11.8 Å². The summed E-state index contributed by atoms with van der Waals surface area (Å²) in [6, 6.07) is 8.50. The second-order valence-corrected chi connectivity index (χ2v) is 4.29. The standard InChI is InChI=1S/C14H18S/c1-3-4-5-6-7-10-13-11-8-9-12-14(13)15-2/h8-9,11-12H,3-5,10H2,1-2H3. The summed E-state index contributed by atoms with van der Waals surface area (Å²) in [4.78, 5) is 1.35. The van der Waals surface area contributed by atoms with Crippen molar-refractivity contribution >= 4 is 11.8 Å². The zero-order chi connectivity index (χ0) is 10.9. The molecular weight excluding hydrogens is 200 g/mol. The lowest BCUT2D eigenvalue weighted by Gasteiger charge is -2.01. The van der Waals surface area contributed by atoms with Gasteiger partial charge in [0.2, 0.25) is 0 Å². The van der Waals surface area contributed by atoms with E-state index >= 15 is 0 Å². The lowest BCUT2D eigenvalue weighted by Crippen LogP contribution is -1.84. The molecule has 0 aliphatic rings. The molecule has 1 rings (SSSR count). The average Bonchev–Trinajstić information content (AvgIpc) is 2.29. The van der Waals surface area contributed by atoms with Crippen LogP contribution in [-0.2, 0) is 6.42 Å². The second kappa shape index (κ2) is 7.43. The van der Waals surface area contributed by atoms with Crippen LogP contribution >= 0.6 is 11.8 Å². The Balaban J connectivity index is 2.51. The Morgan fingerprint density at radius 3 is 2.73 bits per heavy atom. The van der Waals surface area contributed by atoms with E-state index in [9.17, 15) is 0 Å². The average molecular weight is 218 g/mol. The van der Waals surface area contributed by atoms with E-state index in [1.807, 2.05) is 0 Å². The lowest BCUT2D eigenvalue weighted by molar-refractivity contribution is 0.827. The summed E-state index contributed by atoms with van der Waals surface area (Å²) in [6.07, 6.45) is 6.50. The van der Waals surface area contributed by atoms with Crippen LogP contribution in [0.3, 0.4) is 0 Å². The van der Waals surface area contributed by atoms with Crippen molar-refractivity contribution in [3.8, 4) is 11.8 Å². The highest BCUT2D eigenvalue weighted by molar-refractivity contribution is 7.98. The van der Waals surface area contributed by atoms with Gasteiger partial charge in [-0.1, -0.05) is 37.5 Å². The summed E-state index contributed by atoms with van der Waals surface area (Å²) >= 11 is 1.80. The molecule has 0 aromatic heterocycles. The molecule has 0 amide bonds. The minimum Gasteiger partial charge on any atom is -0.129 e. The van der Waals surface area contributed by atoms with Crippen LogP contribution in [0.2, 0.25) is 0 Å². The molecule has 0 radical (unpaired) electrons. The zero-order valence-electron chi connectivity index (χ0n) is 9.55. The Kier molecular flexibility index (Phi) is 6.04. The number of thioether (sulfide) groups is 1. The summed E-state index contributed by atoms with van der Waals surface area (Å²) in [7, 11) is 0. The number of unbranched alkanes of at least 4 members (excludes halogenated alkanes) is 2. The van der Waals surface area contributed by atoms with E-state index < -0.39 is 0 Å². The quantitative estimate of drug-likeness (QED) is 0.416. The predicted molar refractivity (Wildman–Crippen MR) is 69.2 cm³/mol. The topological polar surface area (TPSA) is 0 Å². The molecule has 80 valence electrons. The molecule has 0 saturated carbocycles. The minimum atomic E-state index is 0.890. The molecule has 1 aromatic carbocycles. The first-order valence-electron chi connectivity index (χ1n) is 5.46. The third-order valence-corrected chi connectivity index (χ3v) is 3.09. The summed E-state index contributed by atoms with van der Waals surface area (Å²) in [5.41, 5.74) is 1.36. The number of rotatable bonds is 4. The molecule has 0 nitrogen and oxygen atoms in total. The highest BCUT2D eigenvalue weighted by atomic mass is 32.2. The van der Waals surface area contributed by atoms with Crippen molar-refractivity contribution in [2.75, 3.05) is 6.26 Å². The Hall–Kier alpha value is -0.870. The van der Waals surface area contributed by atoms with E-state index in [-0.39, 0.29) is 0 Å². The smallest absolute Gasteiger partial charge is 0.0351 e. The van der Waals surface area contributed by atoms with E-state index in [4.69, 9.17) is 0 Å². The number of benzene rings is 1. The molecule has 0 aliphatic heterocycles. The normalized spacial score (nSPS) is 9.47. The maximum absolute atomic E-state index is 3.25. The van der Waals surface area contributed by atoms with Crippen molar-refractivity contribution in [2.45, 2.75) is 37.5 Å². The van der Waals surface area contributed by atoms with Gasteiger partial charge in [-0.3, -0.25) is 0 Å². The molecule has 0 aliphatic carbocycles. The summed E-state index contributed by atoms with van der Waals surface area (Å²) in [5.74, 6) is 6.47. The van der Waals surface area contributed by atoms with Crippen LogP contribution < -0.4 is 0 Å². The van der Waals surface area contributed by atoms with Gasteiger partial charge in [-0.2, -0.15) is 0 Å². The monoisotopic (exact) mass is 218 g/mol. The molecule has 0 heterocycles. The van der Waals surface area contributed by atoms with Crippen molar-refractivity contribution in [3.63, 3.8) is 0 Å². The summed E-state index contributed by atoms with van der Waals surface area (Å²) < 4.78 is 0. The maximum atomic E-state index is 3.25. The van der Waals surface area contributed by atoms with Gasteiger partial charge < -0.3 is 0 Å². The number of hydrogen-bond acceptors (Lipinski definition) is 1. The van der Waals surface area contributed by atoms with Crippen LogP contribution in [-0.4, -0.2) is 6.26 Å². The van der Waals surface area contributed by atoms with Crippen molar-refractivity contribution in [1.82, 2.24) is 0 Å². The third kappa shape index (κ3) is 4.44. The molecular formula is C14H18S. The Bertz CT molecular complexity index is 344. The fourth-order valence-corrected chi connectivity index (χ4v) is 1.98. The van der Waals surface area contributed by atoms with Crippen LogP contribution in [0.1, 0.15) is 31.7 Å². The Morgan fingerprint density at radius 1 is 1.20 bits per heavy atom. The molecule has 0 N–H and O–H groups in total. The van der Waals surface area contributed by atoms with E-state index in [0.29, 0.717) is 0 Å². The van der Waals surface area contributed by atoms with Crippen molar-refractivity contribution in [2.24, 2.45) is 0 Å². The van der Waals surface area contributed by atoms with E-state index in [1.54, 1.807) is 11.8 Å². The Morgan fingerprint density at radius 2 is 2.00 bits per heavy atom. The van der Waals surface area contributed by atoms with Gasteiger partial charge in [0.05, 0.1) is 0 Å². The van der Waals surface area contributed by atoms with E-state index in [1.165, 1.54) is 23.3 Å². The van der Waals surface area contributed by atoms with Crippen molar-refractivity contribution in [1.29, 1.82) is 0 Å². The highest BCUT2D eigenvalue weighted by Gasteiger charge is 1.96. The van der Waals surface area contributed by atoms with Crippen LogP contribution in [0.5, 0.6) is 0 Å². The van der Waals surface area contributed by atoms with Crippen molar-refractivity contribution in [3.05, 3.63) is 29.8 Å². The molecule has 15 heavy (non-hydrogen) atoms. The van der Waals surface area contributed by atoms with Crippen molar-refractivity contribution < 1.29 is 0 Å². The fourth-order valence-electron chi connectivity index (χ4n) is 1.36. The molecule has 0 atom stereocenters. The minimum absolute atomic E-state index is 0.890. The first-order chi connectivity index (χ1) is 7.38. The molecule has 0 unspecified atom stereocenters. The van der Waals surface area contributed by atoms with Gasteiger partial charge in [-0.25, -0.2) is 0 Å². The van der Waals surface area contributed by atoms with Gasteiger partial charge in [0.1, 0.15) is 0 Å². The summed E-state index contributed by atoms with van der Waals surface area (Å²) in [6.45, 7) is 2.20. The zero-order valence-corrected chi connectivity index (χ0v) is 10.4. The van der Waals surface area contributed by atoms with Gasteiger partial charge >= 0.3 is 0 Å². The van der Waals surface area contributed by atoms with Crippen LogP contribution in [0.4, 0.5) is 0 Å². The molecule has 1 heteroatoms. The molecule has 1 aromatic rings. The van der Waals surface area contributed by atoms with Gasteiger partial charge in [-0.15, -0.1) is 17.7 Å². The third-order valence-electron chi connectivity index (χ3n) is 2.25. The summed E-state index contributed by atoms with van der Waals surface area (Å²) in [5, 5.41) is 0. The van der Waals surface area contributed by atoms with Gasteiger partial charge in [0.25, 0.3) is 0 Å². The highest BCUT2D eigenvalue weighted by Crippen LogP contribution is 2.19. The first-order valence-corrected chi connectivity index (χ1v) is 6.68. The first kappa shape index (κ1) is 12.2. The molecule has 0 spiro atoms. The van der Waals surface area contributed by atoms with Gasteiger partial charge in [0, 0.05) is 17.7 Å². The van der Waals surface area contributed by atoms with E-state index in [2.05, 4.69) is 49.3 Å². The SMILES string of the molecule is CCCCC#CCc1ccccc1SC. The molecule has 0 bridgehead atoms. The Labute approximate surface area is 97.5 Å². The van der Waals surface area contributed by atoms with Crippen LogP contribution in [0.25, 0.3) is 0 Å². The van der Waals surface area contributed by atoms with E-state index in [0.717, 1.165) is 12.8 Å². The van der Waals surface area contributed by atoms with Crippen LogP contribution in [0.15, 0.2) is 29.2 Å². The largest absolute Gasteiger partial charge is 0.129 e.